The molecular weight excluding hydrogens is 316 g/mol. The number of carbonyl (C=O) groups excluding carboxylic acids is 1. The van der Waals surface area contributed by atoms with Gasteiger partial charge in [0, 0.05) is 17.0 Å². The highest BCUT2D eigenvalue weighted by Crippen LogP contribution is 2.27. The molecule has 4 heteroatoms. The maximum atomic E-state index is 12.1. The van der Waals surface area contributed by atoms with E-state index in [-0.39, 0.29) is 6.61 Å². The largest absolute Gasteiger partial charge is 0.457 e. The van der Waals surface area contributed by atoms with Gasteiger partial charge in [0.05, 0.1) is 5.56 Å². The molecule has 0 aliphatic carbocycles. The molecule has 1 heterocycles. The lowest BCUT2D eigenvalue weighted by atomic mass is 9.95. The fourth-order valence-electron chi connectivity index (χ4n) is 2.93. The number of fused-ring (bicyclic) bond motifs is 1. The standard InChI is InChI=1S/C21H20O4/c1-13(2)17-11-18-16(10-20(22)25-19(18)9-14(17)3)12-24-21(23)15-7-5-4-6-8-15/h4-11,13H,12H2,1-3H3. The third-order valence-electron chi connectivity index (χ3n) is 4.21. The number of benzene rings is 2. The zero-order valence-electron chi connectivity index (χ0n) is 14.5. The molecule has 0 aliphatic rings. The molecule has 25 heavy (non-hydrogen) atoms. The van der Waals surface area contributed by atoms with Crippen molar-refractivity contribution in [2.24, 2.45) is 0 Å². The summed E-state index contributed by atoms with van der Waals surface area (Å²) in [5, 5.41) is 0.801. The van der Waals surface area contributed by atoms with E-state index in [0.717, 1.165) is 10.9 Å². The molecule has 0 saturated heterocycles. The first-order valence-corrected chi connectivity index (χ1v) is 8.25. The number of aryl methyl sites for hydroxylation is 1. The first-order valence-electron chi connectivity index (χ1n) is 8.25. The number of hydrogen-bond acceptors (Lipinski definition) is 4. The molecule has 0 saturated carbocycles. The summed E-state index contributed by atoms with van der Waals surface area (Å²) < 4.78 is 10.7. The van der Waals surface area contributed by atoms with Crippen LogP contribution >= 0.6 is 0 Å². The fraction of sp³-hybridized carbons (Fsp3) is 0.238. The summed E-state index contributed by atoms with van der Waals surface area (Å²) in [4.78, 5) is 24.0. The van der Waals surface area contributed by atoms with Crippen molar-refractivity contribution < 1.29 is 13.9 Å². The zero-order valence-corrected chi connectivity index (χ0v) is 14.5. The van der Waals surface area contributed by atoms with Gasteiger partial charge in [0.15, 0.2) is 0 Å². The van der Waals surface area contributed by atoms with E-state index >= 15 is 0 Å². The summed E-state index contributed by atoms with van der Waals surface area (Å²) in [6.07, 6.45) is 0. The molecule has 0 amide bonds. The summed E-state index contributed by atoms with van der Waals surface area (Å²) in [6, 6.07) is 14.1. The molecule has 3 aromatic rings. The van der Waals surface area contributed by atoms with E-state index in [0.29, 0.717) is 22.6 Å². The van der Waals surface area contributed by atoms with E-state index in [1.165, 1.54) is 11.6 Å². The average molecular weight is 336 g/mol. The predicted octanol–water partition coefficient (Wildman–Crippen LogP) is 4.58. The quantitative estimate of drug-likeness (QED) is 0.517. The normalized spacial score (nSPS) is 11.0. The molecular formula is C21H20O4. The molecule has 0 atom stereocenters. The Hall–Kier alpha value is -2.88. The van der Waals surface area contributed by atoms with Gasteiger partial charge >= 0.3 is 11.6 Å². The lowest BCUT2D eigenvalue weighted by molar-refractivity contribution is 0.0474. The molecule has 2 aromatic carbocycles. The van der Waals surface area contributed by atoms with Crippen molar-refractivity contribution in [3.63, 3.8) is 0 Å². The van der Waals surface area contributed by atoms with Crippen molar-refractivity contribution >= 4 is 16.9 Å². The minimum atomic E-state index is -0.449. The second-order valence-corrected chi connectivity index (χ2v) is 6.39. The Morgan fingerprint density at radius 1 is 1.12 bits per heavy atom. The van der Waals surface area contributed by atoms with Crippen LogP contribution in [0.2, 0.25) is 0 Å². The molecule has 0 aliphatic heterocycles. The van der Waals surface area contributed by atoms with Gasteiger partial charge in [0.25, 0.3) is 0 Å². The molecule has 0 N–H and O–H groups in total. The number of esters is 1. The van der Waals surface area contributed by atoms with Gasteiger partial charge in [0.2, 0.25) is 0 Å². The van der Waals surface area contributed by atoms with Crippen molar-refractivity contribution in [3.8, 4) is 0 Å². The monoisotopic (exact) mass is 336 g/mol. The molecule has 128 valence electrons. The van der Waals surface area contributed by atoms with Crippen LogP contribution in [-0.4, -0.2) is 5.97 Å². The fourth-order valence-corrected chi connectivity index (χ4v) is 2.93. The number of ether oxygens (including phenoxy) is 1. The highest BCUT2D eigenvalue weighted by atomic mass is 16.5. The van der Waals surface area contributed by atoms with Crippen LogP contribution in [0.4, 0.5) is 0 Å². The Kier molecular flexibility index (Phi) is 4.70. The van der Waals surface area contributed by atoms with Crippen molar-refractivity contribution in [1.29, 1.82) is 0 Å². The van der Waals surface area contributed by atoms with Crippen LogP contribution in [0.15, 0.2) is 57.7 Å². The van der Waals surface area contributed by atoms with Crippen molar-refractivity contribution in [1.82, 2.24) is 0 Å². The van der Waals surface area contributed by atoms with E-state index < -0.39 is 11.6 Å². The van der Waals surface area contributed by atoms with E-state index in [1.54, 1.807) is 24.3 Å². The summed E-state index contributed by atoms with van der Waals surface area (Å²) in [7, 11) is 0. The van der Waals surface area contributed by atoms with Gasteiger partial charge < -0.3 is 9.15 Å². The van der Waals surface area contributed by atoms with Crippen LogP contribution in [0.25, 0.3) is 11.0 Å². The minimum Gasteiger partial charge on any atom is -0.457 e. The second kappa shape index (κ2) is 6.93. The van der Waals surface area contributed by atoms with E-state index in [1.807, 2.05) is 25.1 Å². The predicted molar refractivity (Wildman–Crippen MR) is 96.9 cm³/mol. The first kappa shape index (κ1) is 17.0. The first-order chi connectivity index (χ1) is 12.0. The van der Waals surface area contributed by atoms with Gasteiger partial charge in [-0.05, 0) is 48.2 Å². The van der Waals surface area contributed by atoms with E-state index in [4.69, 9.17) is 9.15 Å². The lowest BCUT2D eigenvalue weighted by Crippen LogP contribution is -2.08. The highest BCUT2D eigenvalue weighted by Gasteiger charge is 2.13. The molecule has 0 fully saturated rings. The Balaban J connectivity index is 1.96. The number of rotatable bonds is 4. The van der Waals surface area contributed by atoms with E-state index in [2.05, 4.69) is 13.8 Å². The third-order valence-corrected chi connectivity index (χ3v) is 4.21. The van der Waals surface area contributed by atoms with Gasteiger partial charge in [-0.15, -0.1) is 0 Å². The summed E-state index contributed by atoms with van der Waals surface area (Å²) in [5.74, 6) is -0.0748. The van der Waals surface area contributed by atoms with E-state index in [9.17, 15) is 9.59 Å². The zero-order chi connectivity index (χ0) is 18.0. The molecule has 1 aromatic heterocycles. The van der Waals surface area contributed by atoms with Gasteiger partial charge in [-0.2, -0.15) is 0 Å². The molecule has 0 bridgehead atoms. The van der Waals surface area contributed by atoms with Crippen LogP contribution < -0.4 is 5.63 Å². The molecule has 0 radical (unpaired) electrons. The Labute approximate surface area is 146 Å². The van der Waals surface area contributed by atoms with Gasteiger partial charge in [-0.3, -0.25) is 0 Å². The van der Waals surface area contributed by atoms with Gasteiger partial charge in [0.1, 0.15) is 12.2 Å². The topological polar surface area (TPSA) is 56.5 Å². The maximum Gasteiger partial charge on any atom is 0.338 e. The molecule has 4 nitrogen and oxygen atoms in total. The van der Waals surface area contributed by atoms with Crippen LogP contribution in [0.3, 0.4) is 0 Å². The Bertz CT molecular complexity index is 968. The van der Waals surface area contributed by atoms with Gasteiger partial charge in [-0.25, -0.2) is 9.59 Å². The van der Waals surface area contributed by atoms with Gasteiger partial charge in [-0.1, -0.05) is 32.0 Å². The molecule has 3 rings (SSSR count). The Morgan fingerprint density at radius 2 is 1.84 bits per heavy atom. The molecule has 0 unspecified atom stereocenters. The minimum absolute atomic E-state index is 0.0242. The average Bonchev–Trinajstić information content (AvgIpc) is 2.59. The third kappa shape index (κ3) is 3.63. The Morgan fingerprint density at radius 3 is 2.52 bits per heavy atom. The van der Waals surface area contributed by atoms with Crippen LogP contribution in [0, 0.1) is 6.92 Å². The van der Waals surface area contributed by atoms with Crippen molar-refractivity contribution in [2.45, 2.75) is 33.3 Å². The summed E-state index contributed by atoms with van der Waals surface area (Å²) in [6.45, 7) is 6.25. The van der Waals surface area contributed by atoms with Crippen LogP contribution in [-0.2, 0) is 11.3 Å². The second-order valence-electron chi connectivity index (χ2n) is 6.39. The smallest absolute Gasteiger partial charge is 0.338 e. The summed E-state index contributed by atoms with van der Waals surface area (Å²) in [5.41, 5.74) is 3.45. The highest BCUT2D eigenvalue weighted by molar-refractivity contribution is 5.89. The lowest BCUT2D eigenvalue weighted by Gasteiger charge is -2.13. The summed E-state index contributed by atoms with van der Waals surface area (Å²) >= 11 is 0. The van der Waals surface area contributed by atoms with Crippen LogP contribution in [0.5, 0.6) is 0 Å². The SMILES string of the molecule is Cc1cc2oc(=O)cc(COC(=O)c3ccccc3)c2cc1C(C)C. The number of carbonyl (C=O) groups is 1. The van der Waals surface area contributed by atoms with Crippen molar-refractivity contribution in [2.75, 3.05) is 0 Å². The van der Waals surface area contributed by atoms with Crippen LogP contribution in [0.1, 0.15) is 46.8 Å². The maximum absolute atomic E-state index is 12.1. The van der Waals surface area contributed by atoms with Crippen molar-refractivity contribution in [3.05, 3.63) is 81.2 Å². The number of hydrogen-bond donors (Lipinski definition) is 0. The molecule has 0 spiro atoms.